The summed E-state index contributed by atoms with van der Waals surface area (Å²) < 4.78 is 1.09. The number of carbonyl (C=O) groups excluding carboxylic acids is 2. The van der Waals surface area contributed by atoms with Crippen molar-refractivity contribution in [1.82, 2.24) is 30.6 Å². The van der Waals surface area contributed by atoms with Crippen molar-refractivity contribution in [2.24, 2.45) is 7.05 Å². The first-order valence-corrected chi connectivity index (χ1v) is 10.4. The molecule has 9 heteroatoms. The lowest BCUT2D eigenvalue weighted by molar-refractivity contribution is 0.0844. The van der Waals surface area contributed by atoms with E-state index in [1.54, 1.807) is 66.9 Å². The minimum Gasteiger partial charge on any atom is -0.267 e. The molecule has 0 fully saturated rings. The van der Waals surface area contributed by atoms with E-state index in [9.17, 15) is 14.4 Å². The van der Waals surface area contributed by atoms with E-state index in [1.165, 1.54) is 7.05 Å². The number of aryl methyl sites for hydroxylation is 1. The van der Waals surface area contributed by atoms with Gasteiger partial charge in [-0.1, -0.05) is 42.5 Å². The summed E-state index contributed by atoms with van der Waals surface area (Å²) in [5.41, 5.74) is 6.65. The Balaban J connectivity index is 1.47. The predicted octanol–water partition coefficient (Wildman–Crippen LogP) is 2.62. The van der Waals surface area contributed by atoms with Gasteiger partial charge in [0.2, 0.25) is 0 Å². The lowest BCUT2D eigenvalue weighted by Crippen LogP contribution is -2.42. The van der Waals surface area contributed by atoms with Gasteiger partial charge in [0, 0.05) is 24.0 Å². The van der Waals surface area contributed by atoms with Crippen molar-refractivity contribution in [2.45, 2.75) is 0 Å². The number of hydrazine groups is 1. The number of hydrogen-bond donors (Lipinski definition) is 2. The molecule has 0 unspecified atom stereocenters. The normalized spacial score (nSPS) is 10.9. The van der Waals surface area contributed by atoms with Crippen LogP contribution in [0.1, 0.15) is 20.8 Å². The van der Waals surface area contributed by atoms with Crippen molar-refractivity contribution in [3.05, 3.63) is 101 Å². The van der Waals surface area contributed by atoms with Crippen molar-refractivity contribution in [1.29, 1.82) is 0 Å². The Hall–Kier alpha value is -4.92. The molecule has 2 amide bonds. The number of aromatic nitrogens is 4. The monoisotopic (exact) mass is 450 g/mol. The molecule has 0 bridgehead atoms. The minimum atomic E-state index is -0.650. The van der Waals surface area contributed by atoms with Gasteiger partial charge in [-0.15, -0.1) is 0 Å². The molecule has 34 heavy (non-hydrogen) atoms. The summed E-state index contributed by atoms with van der Waals surface area (Å²) in [6.07, 6.45) is 1.65. The van der Waals surface area contributed by atoms with Gasteiger partial charge in [0.15, 0.2) is 5.69 Å². The third kappa shape index (κ3) is 3.75. The van der Waals surface area contributed by atoms with Crippen LogP contribution < -0.4 is 16.4 Å². The Morgan fingerprint density at radius 2 is 1.47 bits per heavy atom. The summed E-state index contributed by atoms with van der Waals surface area (Å²) in [4.78, 5) is 47.2. The van der Waals surface area contributed by atoms with Crippen LogP contribution in [0.4, 0.5) is 0 Å². The second kappa shape index (κ2) is 8.55. The van der Waals surface area contributed by atoms with E-state index < -0.39 is 11.8 Å². The summed E-state index contributed by atoms with van der Waals surface area (Å²) in [7, 11) is 1.46. The highest BCUT2D eigenvalue weighted by molar-refractivity contribution is 6.09. The van der Waals surface area contributed by atoms with E-state index in [-0.39, 0.29) is 11.3 Å². The second-order valence-corrected chi connectivity index (χ2v) is 7.52. The van der Waals surface area contributed by atoms with Gasteiger partial charge >= 0.3 is 0 Å². The van der Waals surface area contributed by atoms with E-state index in [0.29, 0.717) is 38.6 Å². The third-order valence-electron chi connectivity index (χ3n) is 5.35. The van der Waals surface area contributed by atoms with E-state index in [2.05, 4.69) is 25.9 Å². The molecular weight excluding hydrogens is 432 g/mol. The minimum absolute atomic E-state index is 0.0201. The summed E-state index contributed by atoms with van der Waals surface area (Å²) in [6, 6.07) is 21.0. The molecule has 0 aliphatic heterocycles. The van der Waals surface area contributed by atoms with Crippen LogP contribution >= 0.6 is 0 Å². The maximum Gasteiger partial charge on any atom is 0.290 e. The highest BCUT2D eigenvalue weighted by Gasteiger charge is 2.18. The topological polar surface area (TPSA) is 119 Å². The van der Waals surface area contributed by atoms with Crippen LogP contribution in [0.2, 0.25) is 0 Å². The van der Waals surface area contributed by atoms with E-state index >= 15 is 0 Å². The Kier molecular flexibility index (Phi) is 5.27. The number of hydrogen-bond acceptors (Lipinski definition) is 6. The molecule has 5 rings (SSSR count). The predicted molar refractivity (Wildman–Crippen MR) is 127 cm³/mol. The van der Waals surface area contributed by atoms with Gasteiger partial charge in [0.05, 0.1) is 27.9 Å². The molecule has 0 saturated carbocycles. The fraction of sp³-hybridized carbons (Fsp3) is 0.0400. The van der Waals surface area contributed by atoms with Crippen molar-refractivity contribution in [2.75, 3.05) is 0 Å². The van der Waals surface area contributed by atoms with Crippen LogP contribution in [0.15, 0.2) is 83.8 Å². The molecule has 9 nitrogen and oxygen atoms in total. The smallest absolute Gasteiger partial charge is 0.267 e. The third-order valence-corrected chi connectivity index (χ3v) is 5.35. The van der Waals surface area contributed by atoms with Crippen molar-refractivity contribution in [3.8, 4) is 11.4 Å². The SMILES string of the molecule is Cn1nc(C(=O)NNC(=O)c2cc(-c3ccccn3)nc3ccccc23)c2ccccc2c1=O. The zero-order valence-electron chi connectivity index (χ0n) is 18.0. The Morgan fingerprint density at radius 3 is 2.24 bits per heavy atom. The molecule has 0 spiro atoms. The Bertz CT molecular complexity index is 1630. The second-order valence-electron chi connectivity index (χ2n) is 7.52. The van der Waals surface area contributed by atoms with Crippen LogP contribution in [0.3, 0.4) is 0 Å². The van der Waals surface area contributed by atoms with Gasteiger partial charge in [-0.25, -0.2) is 9.67 Å². The molecule has 0 radical (unpaired) electrons. The summed E-state index contributed by atoms with van der Waals surface area (Å²) in [5.74, 6) is -1.18. The van der Waals surface area contributed by atoms with Crippen LogP contribution in [-0.4, -0.2) is 31.6 Å². The highest BCUT2D eigenvalue weighted by atomic mass is 16.2. The molecular formula is C25H18N6O3. The number of nitrogens with one attached hydrogen (secondary N) is 2. The Morgan fingerprint density at radius 1 is 0.794 bits per heavy atom. The lowest BCUT2D eigenvalue weighted by Gasteiger charge is -2.12. The van der Waals surface area contributed by atoms with Crippen LogP contribution in [0.5, 0.6) is 0 Å². The average Bonchev–Trinajstić information content (AvgIpc) is 2.89. The van der Waals surface area contributed by atoms with Gasteiger partial charge in [-0.3, -0.25) is 30.2 Å². The number of benzene rings is 2. The molecule has 166 valence electrons. The molecule has 0 atom stereocenters. The molecule has 2 aromatic carbocycles. The van der Waals surface area contributed by atoms with E-state index in [4.69, 9.17) is 0 Å². The van der Waals surface area contributed by atoms with E-state index in [0.717, 1.165) is 4.68 Å². The van der Waals surface area contributed by atoms with E-state index in [1.807, 2.05) is 12.1 Å². The highest BCUT2D eigenvalue weighted by Crippen LogP contribution is 2.23. The van der Waals surface area contributed by atoms with Crippen LogP contribution in [0, 0.1) is 0 Å². The standard InChI is InChI=1S/C25H18N6O3/c1-31-25(34)17-10-3-2-9-16(17)22(30-31)24(33)29-28-23(32)18-14-21(20-12-6-7-13-26-20)27-19-11-5-4-8-15(18)19/h2-14H,1H3,(H,28,32)(H,29,33). The van der Waals surface area contributed by atoms with Gasteiger partial charge in [-0.05, 0) is 30.3 Å². The Labute approximate surface area is 193 Å². The summed E-state index contributed by atoms with van der Waals surface area (Å²) >= 11 is 0. The number of pyridine rings is 2. The molecule has 2 N–H and O–H groups in total. The molecule has 0 aliphatic rings. The zero-order chi connectivity index (χ0) is 23.7. The van der Waals surface area contributed by atoms with Gasteiger partial charge in [0.25, 0.3) is 17.4 Å². The van der Waals surface area contributed by atoms with Gasteiger partial charge in [0.1, 0.15) is 0 Å². The first kappa shape index (κ1) is 21.0. The van der Waals surface area contributed by atoms with Crippen molar-refractivity contribution < 1.29 is 9.59 Å². The number of nitrogens with zero attached hydrogens (tertiary/aromatic N) is 4. The molecule has 3 heterocycles. The first-order valence-electron chi connectivity index (χ1n) is 10.4. The molecule has 0 saturated heterocycles. The largest absolute Gasteiger partial charge is 0.290 e. The zero-order valence-corrected chi connectivity index (χ0v) is 18.0. The number of para-hydroxylation sites is 1. The average molecular weight is 450 g/mol. The summed E-state index contributed by atoms with van der Waals surface area (Å²) in [6.45, 7) is 0. The molecule has 0 aliphatic carbocycles. The number of amides is 2. The first-order chi connectivity index (χ1) is 16.5. The van der Waals surface area contributed by atoms with Crippen LogP contribution in [0.25, 0.3) is 33.1 Å². The summed E-state index contributed by atoms with van der Waals surface area (Å²) in [5, 5.41) is 5.45. The van der Waals surface area contributed by atoms with Gasteiger partial charge < -0.3 is 0 Å². The van der Waals surface area contributed by atoms with Gasteiger partial charge in [-0.2, -0.15) is 5.10 Å². The number of carbonyl (C=O) groups is 2. The number of rotatable bonds is 3. The fourth-order valence-corrected chi connectivity index (χ4v) is 3.72. The lowest BCUT2D eigenvalue weighted by atomic mass is 10.1. The quantitative estimate of drug-likeness (QED) is 0.408. The fourth-order valence-electron chi connectivity index (χ4n) is 3.72. The van der Waals surface area contributed by atoms with Crippen LogP contribution in [-0.2, 0) is 7.05 Å². The van der Waals surface area contributed by atoms with Crippen molar-refractivity contribution >= 4 is 33.5 Å². The maximum atomic E-state index is 13.1. The maximum absolute atomic E-state index is 13.1. The van der Waals surface area contributed by atoms with Crippen molar-refractivity contribution in [3.63, 3.8) is 0 Å². The molecule has 5 aromatic rings. The number of fused-ring (bicyclic) bond motifs is 2. The molecule has 3 aromatic heterocycles.